The molecular weight excluding hydrogens is 253 g/mol. The largest absolute Gasteiger partial charge is 0.478 e. The van der Waals surface area contributed by atoms with E-state index >= 15 is 0 Å². The highest BCUT2D eigenvalue weighted by molar-refractivity contribution is 5.98. The SMILES string of the molecule is CCN(C(=O)C(F)(F)F)c1cncc(C(=O)O)c1. The van der Waals surface area contributed by atoms with Crippen molar-refractivity contribution in [2.24, 2.45) is 0 Å². The third-order valence-corrected chi connectivity index (χ3v) is 2.09. The van der Waals surface area contributed by atoms with Crippen LogP contribution in [0.4, 0.5) is 18.9 Å². The van der Waals surface area contributed by atoms with Crippen molar-refractivity contribution in [2.75, 3.05) is 11.4 Å². The summed E-state index contributed by atoms with van der Waals surface area (Å²) < 4.78 is 36.9. The molecule has 0 aliphatic heterocycles. The van der Waals surface area contributed by atoms with Crippen molar-refractivity contribution in [3.05, 3.63) is 24.0 Å². The number of carboxylic acids is 1. The number of carboxylic acid groups (broad SMARTS) is 1. The molecule has 0 spiro atoms. The first-order valence-electron chi connectivity index (χ1n) is 4.84. The minimum absolute atomic E-state index is 0.209. The smallest absolute Gasteiger partial charge is 0.471 e. The number of nitrogens with zero attached hydrogens (tertiary/aromatic N) is 2. The molecule has 0 unspecified atom stereocenters. The summed E-state index contributed by atoms with van der Waals surface area (Å²) in [5.41, 5.74) is -0.499. The first-order valence-corrected chi connectivity index (χ1v) is 4.84. The Morgan fingerprint density at radius 1 is 1.39 bits per heavy atom. The van der Waals surface area contributed by atoms with E-state index in [0.717, 1.165) is 18.5 Å². The fourth-order valence-corrected chi connectivity index (χ4v) is 1.29. The molecular formula is C10H9F3N2O3. The highest BCUT2D eigenvalue weighted by Gasteiger charge is 2.42. The molecule has 0 bridgehead atoms. The Balaban J connectivity index is 3.14. The van der Waals surface area contributed by atoms with Gasteiger partial charge in [-0.1, -0.05) is 0 Å². The molecule has 1 aromatic heterocycles. The molecule has 1 N–H and O–H groups in total. The molecule has 0 saturated heterocycles. The Morgan fingerprint density at radius 3 is 2.44 bits per heavy atom. The van der Waals surface area contributed by atoms with Crippen LogP contribution in [-0.4, -0.2) is 34.7 Å². The number of aromatic nitrogens is 1. The van der Waals surface area contributed by atoms with Crippen LogP contribution in [0.3, 0.4) is 0 Å². The van der Waals surface area contributed by atoms with Gasteiger partial charge in [-0.25, -0.2) is 4.79 Å². The van der Waals surface area contributed by atoms with Crippen molar-refractivity contribution in [1.82, 2.24) is 4.98 Å². The van der Waals surface area contributed by atoms with Gasteiger partial charge in [-0.2, -0.15) is 13.2 Å². The number of rotatable bonds is 3. The van der Waals surface area contributed by atoms with E-state index in [9.17, 15) is 22.8 Å². The average molecular weight is 262 g/mol. The fraction of sp³-hybridized carbons (Fsp3) is 0.300. The minimum atomic E-state index is -5.02. The van der Waals surface area contributed by atoms with Gasteiger partial charge in [0.1, 0.15) is 0 Å². The Hall–Kier alpha value is -2.12. The molecule has 98 valence electrons. The van der Waals surface area contributed by atoms with Crippen molar-refractivity contribution in [3.8, 4) is 0 Å². The van der Waals surface area contributed by atoms with Crippen LogP contribution in [0.15, 0.2) is 18.5 Å². The summed E-state index contributed by atoms with van der Waals surface area (Å²) in [4.78, 5) is 25.7. The van der Waals surface area contributed by atoms with Crippen LogP contribution in [0, 0.1) is 0 Å². The van der Waals surface area contributed by atoms with E-state index in [1.165, 1.54) is 6.92 Å². The van der Waals surface area contributed by atoms with E-state index in [1.807, 2.05) is 0 Å². The molecule has 0 aliphatic carbocycles. The zero-order valence-electron chi connectivity index (χ0n) is 9.23. The minimum Gasteiger partial charge on any atom is -0.478 e. The first kappa shape index (κ1) is 13.9. The van der Waals surface area contributed by atoms with Crippen molar-refractivity contribution in [1.29, 1.82) is 0 Å². The maximum Gasteiger partial charge on any atom is 0.471 e. The summed E-state index contributed by atoms with van der Waals surface area (Å²) >= 11 is 0. The van der Waals surface area contributed by atoms with Crippen molar-refractivity contribution < 1.29 is 27.9 Å². The van der Waals surface area contributed by atoms with Gasteiger partial charge in [0.15, 0.2) is 0 Å². The lowest BCUT2D eigenvalue weighted by Crippen LogP contribution is -2.41. The van der Waals surface area contributed by atoms with Crippen LogP contribution < -0.4 is 4.90 Å². The Kier molecular flexibility index (Phi) is 3.89. The molecule has 0 fully saturated rings. The number of halogens is 3. The predicted molar refractivity (Wildman–Crippen MR) is 55.3 cm³/mol. The molecule has 5 nitrogen and oxygen atoms in total. The summed E-state index contributed by atoms with van der Waals surface area (Å²) in [6, 6.07) is 0.961. The van der Waals surface area contributed by atoms with Gasteiger partial charge in [-0.15, -0.1) is 0 Å². The van der Waals surface area contributed by atoms with Crippen LogP contribution >= 0.6 is 0 Å². The number of aromatic carboxylic acids is 1. The van der Waals surface area contributed by atoms with Gasteiger partial charge in [0.05, 0.1) is 17.4 Å². The van der Waals surface area contributed by atoms with Gasteiger partial charge >= 0.3 is 18.1 Å². The van der Waals surface area contributed by atoms with E-state index < -0.39 is 18.1 Å². The molecule has 0 aliphatic rings. The molecule has 1 amide bonds. The van der Waals surface area contributed by atoms with Gasteiger partial charge in [-0.3, -0.25) is 9.78 Å². The maximum atomic E-state index is 12.3. The van der Waals surface area contributed by atoms with Crippen LogP contribution in [-0.2, 0) is 4.79 Å². The number of pyridine rings is 1. The monoisotopic (exact) mass is 262 g/mol. The van der Waals surface area contributed by atoms with Gasteiger partial charge in [0, 0.05) is 12.7 Å². The van der Waals surface area contributed by atoms with Crippen LogP contribution in [0.2, 0.25) is 0 Å². The standard InChI is InChI=1S/C10H9F3N2O3/c1-2-15(9(18)10(11,12)13)7-3-6(8(16)17)4-14-5-7/h3-5H,2H2,1H3,(H,16,17). The Bertz CT molecular complexity index is 474. The van der Waals surface area contributed by atoms with Gasteiger partial charge in [0.2, 0.25) is 0 Å². The van der Waals surface area contributed by atoms with E-state index in [-0.39, 0.29) is 17.8 Å². The zero-order chi connectivity index (χ0) is 13.9. The maximum absolute atomic E-state index is 12.3. The zero-order valence-corrected chi connectivity index (χ0v) is 9.23. The molecule has 0 saturated carbocycles. The molecule has 1 heterocycles. The van der Waals surface area contributed by atoms with Crippen LogP contribution in [0.25, 0.3) is 0 Å². The topological polar surface area (TPSA) is 70.5 Å². The second-order valence-corrected chi connectivity index (χ2v) is 3.28. The number of amides is 1. The Labute approximate surface area is 99.8 Å². The third-order valence-electron chi connectivity index (χ3n) is 2.09. The normalized spacial score (nSPS) is 11.1. The second-order valence-electron chi connectivity index (χ2n) is 3.28. The number of hydrogen-bond acceptors (Lipinski definition) is 3. The fourth-order valence-electron chi connectivity index (χ4n) is 1.29. The summed E-state index contributed by atoms with van der Waals surface area (Å²) in [7, 11) is 0. The number of hydrogen-bond donors (Lipinski definition) is 1. The van der Waals surface area contributed by atoms with Crippen LogP contribution in [0.1, 0.15) is 17.3 Å². The highest BCUT2D eigenvalue weighted by atomic mass is 19.4. The van der Waals surface area contributed by atoms with Crippen molar-refractivity contribution >= 4 is 17.6 Å². The third kappa shape index (κ3) is 2.96. The first-order chi connectivity index (χ1) is 8.27. The predicted octanol–water partition coefficient (Wildman–Crippen LogP) is 1.70. The Morgan fingerprint density at radius 2 is 2.00 bits per heavy atom. The van der Waals surface area contributed by atoms with E-state index in [0.29, 0.717) is 4.90 Å². The van der Waals surface area contributed by atoms with E-state index in [2.05, 4.69) is 4.98 Å². The summed E-state index contributed by atoms with van der Waals surface area (Å²) in [6.45, 7) is 1.10. The van der Waals surface area contributed by atoms with Crippen LogP contribution in [0.5, 0.6) is 0 Å². The molecule has 8 heteroatoms. The molecule has 0 atom stereocenters. The molecule has 18 heavy (non-hydrogen) atoms. The van der Waals surface area contributed by atoms with E-state index in [4.69, 9.17) is 5.11 Å². The number of anilines is 1. The molecule has 1 aromatic rings. The number of alkyl halides is 3. The average Bonchev–Trinajstić information content (AvgIpc) is 2.29. The summed E-state index contributed by atoms with van der Waals surface area (Å²) in [6.07, 6.45) is -3.04. The lowest BCUT2D eigenvalue weighted by molar-refractivity contribution is -0.170. The van der Waals surface area contributed by atoms with Crippen molar-refractivity contribution in [2.45, 2.75) is 13.1 Å². The van der Waals surface area contributed by atoms with Gasteiger partial charge in [-0.05, 0) is 13.0 Å². The second kappa shape index (κ2) is 5.03. The number of carbonyl (C=O) groups excluding carboxylic acids is 1. The molecule has 0 aromatic carbocycles. The van der Waals surface area contributed by atoms with Gasteiger partial charge in [0.25, 0.3) is 0 Å². The lowest BCUT2D eigenvalue weighted by atomic mass is 10.2. The van der Waals surface area contributed by atoms with Gasteiger partial charge < -0.3 is 10.0 Å². The summed E-state index contributed by atoms with van der Waals surface area (Å²) in [5, 5.41) is 8.70. The summed E-state index contributed by atoms with van der Waals surface area (Å²) in [5.74, 6) is -3.39. The number of carbonyl (C=O) groups is 2. The van der Waals surface area contributed by atoms with Crippen molar-refractivity contribution in [3.63, 3.8) is 0 Å². The van der Waals surface area contributed by atoms with E-state index in [1.54, 1.807) is 0 Å². The lowest BCUT2D eigenvalue weighted by Gasteiger charge is -2.21. The highest BCUT2D eigenvalue weighted by Crippen LogP contribution is 2.23. The molecule has 1 rings (SSSR count). The quantitative estimate of drug-likeness (QED) is 0.899. The molecule has 0 radical (unpaired) electrons.